The third kappa shape index (κ3) is 4.77. The van der Waals surface area contributed by atoms with Crippen molar-refractivity contribution in [1.29, 1.82) is 0 Å². The van der Waals surface area contributed by atoms with Gasteiger partial charge < -0.3 is 15.4 Å². The number of aryl methyl sites for hydroxylation is 1. The van der Waals surface area contributed by atoms with E-state index < -0.39 is 11.7 Å². The van der Waals surface area contributed by atoms with Crippen LogP contribution in [0, 0.1) is 12.8 Å². The van der Waals surface area contributed by atoms with Gasteiger partial charge in [-0.2, -0.15) is 13.2 Å². The summed E-state index contributed by atoms with van der Waals surface area (Å²) in [5.74, 6) is -0.208. The van der Waals surface area contributed by atoms with Crippen LogP contribution in [0.3, 0.4) is 0 Å². The Morgan fingerprint density at radius 2 is 2.11 bits per heavy atom. The van der Waals surface area contributed by atoms with E-state index in [9.17, 15) is 18.0 Å². The van der Waals surface area contributed by atoms with Gasteiger partial charge in [0, 0.05) is 6.61 Å². The highest BCUT2D eigenvalue weighted by Gasteiger charge is 2.33. The number of anilines is 2. The van der Waals surface area contributed by atoms with Crippen molar-refractivity contribution in [2.45, 2.75) is 26.1 Å². The minimum atomic E-state index is -4.44. The van der Waals surface area contributed by atoms with Crippen LogP contribution in [0.1, 0.15) is 23.2 Å². The number of para-hydroxylation sites is 1. The molecule has 1 fully saturated rings. The lowest BCUT2D eigenvalue weighted by Gasteiger charge is -2.15. The third-order valence-electron chi connectivity index (χ3n) is 4.43. The van der Waals surface area contributed by atoms with E-state index in [4.69, 9.17) is 4.74 Å². The summed E-state index contributed by atoms with van der Waals surface area (Å²) in [7, 11) is 0. The standard InChI is InChI=1S/C19H20F3N3O2/c1-12-8-14(25-16-5-3-2-4-15(16)19(20,21)22)9-23-17(12)10-24-18(26)13-6-7-27-11-13/h2-5,8-9,13,25H,6-7,10-11H2,1H3,(H,24,26)/t13-/m1/s1. The fourth-order valence-electron chi connectivity index (χ4n) is 2.91. The van der Waals surface area contributed by atoms with Gasteiger partial charge in [0.2, 0.25) is 5.91 Å². The van der Waals surface area contributed by atoms with Crippen LogP contribution in [-0.2, 0) is 22.3 Å². The van der Waals surface area contributed by atoms with E-state index in [-0.39, 0.29) is 24.1 Å². The predicted molar refractivity (Wildman–Crippen MR) is 94.5 cm³/mol. The van der Waals surface area contributed by atoms with Crippen LogP contribution in [-0.4, -0.2) is 24.1 Å². The third-order valence-corrected chi connectivity index (χ3v) is 4.43. The molecule has 1 aliphatic rings. The van der Waals surface area contributed by atoms with E-state index in [2.05, 4.69) is 15.6 Å². The van der Waals surface area contributed by atoms with E-state index in [1.807, 2.05) is 0 Å². The lowest BCUT2D eigenvalue weighted by Crippen LogP contribution is -2.31. The zero-order valence-corrected chi connectivity index (χ0v) is 14.8. The van der Waals surface area contributed by atoms with Crippen molar-refractivity contribution < 1.29 is 22.7 Å². The molecule has 1 aliphatic heterocycles. The number of nitrogens with zero attached hydrogens (tertiary/aromatic N) is 1. The van der Waals surface area contributed by atoms with E-state index in [1.165, 1.54) is 24.4 Å². The Morgan fingerprint density at radius 3 is 2.78 bits per heavy atom. The molecule has 0 saturated carbocycles. The molecule has 27 heavy (non-hydrogen) atoms. The maximum atomic E-state index is 13.1. The highest BCUT2D eigenvalue weighted by molar-refractivity contribution is 5.79. The number of nitrogens with one attached hydrogen (secondary N) is 2. The molecule has 2 aromatic rings. The number of amides is 1. The summed E-state index contributed by atoms with van der Waals surface area (Å²) in [4.78, 5) is 16.3. The van der Waals surface area contributed by atoms with Gasteiger partial charge in [0.1, 0.15) is 0 Å². The number of hydrogen-bond donors (Lipinski definition) is 2. The molecule has 3 rings (SSSR count). The van der Waals surface area contributed by atoms with Gasteiger partial charge in [0.25, 0.3) is 0 Å². The predicted octanol–water partition coefficient (Wildman–Crippen LogP) is 3.81. The Kier molecular flexibility index (Phi) is 5.65. The topological polar surface area (TPSA) is 63.2 Å². The van der Waals surface area contributed by atoms with Crippen molar-refractivity contribution in [3.8, 4) is 0 Å². The van der Waals surface area contributed by atoms with Crippen LogP contribution < -0.4 is 10.6 Å². The number of pyridine rings is 1. The van der Waals surface area contributed by atoms with Crippen LogP contribution in [0.4, 0.5) is 24.5 Å². The minimum absolute atomic E-state index is 0.0338. The summed E-state index contributed by atoms with van der Waals surface area (Å²) in [6.45, 7) is 3.09. The average molecular weight is 379 g/mol. The van der Waals surface area contributed by atoms with Gasteiger partial charge in [0.15, 0.2) is 0 Å². The molecule has 2 heterocycles. The fourth-order valence-corrected chi connectivity index (χ4v) is 2.91. The van der Waals surface area contributed by atoms with E-state index in [1.54, 1.807) is 13.0 Å². The van der Waals surface area contributed by atoms with Crippen LogP contribution in [0.25, 0.3) is 0 Å². The first-order valence-corrected chi connectivity index (χ1v) is 8.59. The highest BCUT2D eigenvalue weighted by atomic mass is 19.4. The average Bonchev–Trinajstić information content (AvgIpc) is 3.15. The lowest BCUT2D eigenvalue weighted by molar-refractivity contribution is -0.137. The number of halogens is 3. The minimum Gasteiger partial charge on any atom is -0.381 e. The Hall–Kier alpha value is -2.61. The first kappa shape index (κ1) is 19.2. The van der Waals surface area contributed by atoms with Crippen LogP contribution >= 0.6 is 0 Å². The van der Waals surface area contributed by atoms with Crippen LogP contribution in [0.15, 0.2) is 36.5 Å². The molecule has 1 amide bonds. The molecule has 1 atom stereocenters. The van der Waals surface area contributed by atoms with Gasteiger partial charge in [0.05, 0.1) is 47.9 Å². The highest BCUT2D eigenvalue weighted by Crippen LogP contribution is 2.35. The van der Waals surface area contributed by atoms with Crippen molar-refractivity contribution >= 4 is 17.3 Å². The van der Waals surface area contributed by atoms with Crippen molar-refractivity contribution in [2.75, 3.05) is 18.5 Å². The van der Waals surface area contributed by atoms with E-state index in [0.29, 0.717) is 31.0 Å². The lowest BCUT2D eigenvalue weighted by atomic mass is 10.1. The molecular formula is C19H20F3N3O2. The van der Waals surface area contributed by atoms with Gasteiger partial charge in [-0.15, -0.1) is 0 Å². The molecule has 0 unspecified atom stereocenters. The summed E-state index contributed by atoms with van der Waals surface area (Å²) in [5, 5.41) is 5.60. The molecule has 0 bridgehead atoms. The van der Waals surface area contributed by atoms with Crippen LogP contribution in [0.2, 0.25) is 0 Å². The summed E-state index contributed by atoms with van der Waals surface area (Å²) in [5.41, 5.74) is 1.11. The summed E-state index contributed by atoms with van der Waals surface area (Å²) in [6, 6.07) is 6.99. The molecule has 0 radical (unpaired) electrons. The Bertz CT molecular complexity index is 818. The Morgan fingerprint density at radius 1 is 1.33 bits per heavy atom. The van der Waals surface area contributed by atoms with Crippen molar-refractivity contribution in [3.63, 3.8) is 0 Å². The zero-order valence-electron chi connectivity index (χ0n) is 14.8. The van der Waals surface area contributed by atoms with E-state index >= 15 is 0 Å². The molecule has 1 aromatic heterocycles. The molecular weight excluding hydrogens is 359 g/mol. The first-order valence-electron chi connectivity index (χ1n) is 8.59. The second-order valence-corrected chi connectivity index (χ2v) is 6.43. The van der Waals surface area contributed by atoms with Crippen molar-refractivity contribution in [3.05, 3.63) is 53.3 Å². The molecule has 8 heteroatoms. The molecule has 144 valence electrons. The Balaban J connectivity index is 1.67. The fraction of sp³-hybridized carbons (Fsp3) is 0.368. The number of hydrogen-bond acceptors (Lipinski definition) is 4. The second-order valence-electron chi connectivity index (χ2n) is 6.43. The maximum absolute atomic E-state index is 13.1. The van der Waals surface area contributed by atoms with Gasteiger partial charge in [-0.1, -0.05) is 12.1 Å². The van der Waals surface area contributed by atoms with Crippen molar-refractivity contribution in [2.24, 2.45) is 5.92 Å². The quantitative estimate of drug-likeness (QED) is 0.829. The summed E-state index contributed by atoms with van der Waals surface area (Å²) < 4.78 is 44.5. The van der Waals surface area contributed by atoms with Gasteiger partial charge in [-0.25, -0.2) is 0 Å². The molecule has 1 saturated heterocycles. The SMILES string of the molecule is Cc1cc(Nc2ccccc2C(F)(F)F)cnc1CNC(=O)[C@@H]1CCOC1. The summed E-state index contributed by atoms with van der Waals surface area (Å²) in [6.07, 6.45) is -2.28. The zero-order chi connectivity index (χ0) is 19.4. The molecule has 1 aromatic carbocycles. The molecule has 0 aliphatic carbocycles. The molecule has 5 nitrogen and oxygen atoms in total. The number of rotatable bonds is 5. The largest absolute Gasteiger partial charge is 0.418 e. The first-order chi connectivity index (χ1) is 12.8. The number of carbonyl (C=O) groups excluding carboxylic acids is 1. The van der Waals surface area contributed by atoms with Crippen molar-refractivity contribution in [1.82, 2.24) is 10.3 Å². The molecule has 2 N–H and O–H groups in total. The molecule has 0 spiro atoms. The second kappa shape index (κ2) is 7.96. The van der Waals surface area contributed by atoms with E-state index in [0.717, 1.165) is 11.6 Å². The number of benzene rings is 1. The van der Waals surface area contributed by atoms with Gasteiger partial charge in [-0.3, -0.25) is 9.78 Å². The number of alkyl halides is 3. The normalized spacial score (nSPS) is 17.0. The van der Waals surface area contributed by atoms with Crippen LogP contribution in [0.5, 0.6) is 0 Å². The summed E-state index contributed by atoms with van der Waals surface area (Å²) >= 11 is 0. The number of aromatic nitrogens is 1. The maximum Gasteiger partial charge on any atom is 0.418 e. The monoisotopic (exact) mass is 379 g/mol. The number of ether oxygens (including phenoxy) is 1. The van der Waals surface area contributed by atoms with Gasteiger partial charge in [-0.05, 0) is 37.1 Å². The Labute approximate surface area is 154 Å². The number of carbonyl (C=O) groups is 1. The van der Waals surface area contributed by atoms with Gasteiger partial charge >= 0.3 is 6.18 Å². The smallest absolute Gasteiger partial charge is 0.381 e.